The number of aliphatic hydroxyl groups excluding tert-OH is 1. The summed E-state index contributed by atoms with van der Waals surface area (Å²) in [5.74, 6) is 0. The zero-order valence-corrected chi connectivity index (χ0v) is 15.7. The summed E-state index contributed by atoms with van der Waals surface area (Å²) >= 11 is 7.20. The van der Waals surface area contributed by atoms with Gasteiger partial charge in [0, 0.05) is 17.4 Å². The normalized spacial score (nSPS) is 12.7. The second-order valence-electron chi connectivity index (χ2n) is 5.07. The molecule has 0 saturated heterocycles. The molecule has 1 unspecified atom stereocenters. The van der Waals surface area contributed by atoms with Gasteiger partial charge in [0.2, 0.25) is 0 Å². The minimum atomic E-state index is -0.553. The van der Waals surface area contributed by atoms with E-state index in [9.17, 15) is 5.11 Å². The first-order valence-corrected chi connectivity index (χ1v) is 8.75. The number of aryl methyl sites for hydroxylation is 3. The summed E-state index contributed by atoms with van der Waals surface area (Å²) in [6, 6.07) is 5.97. The Morgan fingerprint density at radius 2 is 1.95 bits per heavy atom. The number of halogens is 2. The average Bonchev–Trinajstić information content (AvgIpc) is 2.78. The van der Waals surface area contributed by atoms with Crippen molar-refractivity contribution in [3.05, 3.63) is 49.7 Å². The molecular weight excluding hydrogens is 396 g/mol. The molecular formula is C16H20Br2N2O. The van der Waals surface area contributed by atoms with Crippen molar-refractivity contribution in [3.8, 4) is 0 Å². The van der Waals surface area contributed by atoms with Crippen molar-refractivity contribution in [2.45, 2.75) is 46.3 Å². The van der Waals surface area contributed by atoms with E-state index in [-0.39, 0.29) is 0 Å². The molecule has 0 fully saturated rings. The fourth-order valence-electron chi connectivity index (χ4n) is 2.43. The third-order valence-electron chi connectivity index (χ3n) is 3.66. The number of nitrogens with zero attached hydrogens (tertiary/aromatic N) is 2. The van der Waals surface area contributed by atoms with Crippen LogP contribution in [0.15, 0.2) is 27.1 Å². The molecule has 3 nitrogen and oxygen atoms in total. The van der Waals surface area contributed by atoms with Crippen LogP contribution >= 0.6 is 31.9 Å². The SMILES string of the molecule is CCc1nn(CC)c(CC(O)c2cccc(C)c2Br)c1Br. The lowest BCUT2D eigenvalue weighted by atomic mass is 10.0. The maximum Gasteiger partial charge on any atom is 0.0856 e. The molecule has 2 aromatic rings. The Balaban J connectivity index is 2.33. The van der Waals surface area contributed by atoms with Crippen LogP contribution < -0.4 is 0 Å². The highest BCUT2D eigenvalue weighted by Gasteiger charge is 2.20. The first kappa shape index (κ1) is 16.7. The highest BCUT2D eigenvalue weighted by atomic mass is 79.9. The minimum Gasteiger partial charge on any atom is -0.388 e. The standard InChI is InChI=1S/C16H20Br2N2O/c1-4-12-16(18)13(20(5-2)19-12)9-14(21)11-8-6-7-10(3)15(11)17/h6-8,14,21H,4-5,9H2,1-3H3. The maximum atomic E-state index is 10.6. The topological polar surface area (TPSA) is 38.0 Å². The summed E-state index contributed by atoms with van der Waals surface area (Å²) in [4.78, 5) is 0. The monoisotopic (exact) mass is 414 g/mol. The first-order chi connectivity index (χ1) is 9.99. The Hall–Kier alpha value is -0.650. The van der Waals surface area contributed by atoms with Gasteiger partial charge in [0.1, 0.15) is 0 Å². The van der Waals surface area contributed by atoms with Crippen LogP contribution in [0.3, 0.4) is 0 Å². The summed E-state index contributed by atoms with van der Waals surface area (Å²) in [5.41, 5.74) is 4.14. The molecule has 0 amide bonds. The predicted octanol–water partition coefficient (Wildman–Crippen LogP) is 4.57. The molecule has 0 bridgehead atoms. The second kappa shape index (κ2) is 7.07. The van der Waals surface area contributed by atoms with E-state index in [0.717, 1.165) is 44.4 Å². The van der Waals surface area contributed by atoms with Gasteiger partial charge < -0.3 is 5.11 Å². The fourth-order valence-corrected chi connectivity index (χ4v) is 3.69. The molecule has 1 atom stereocenters. The number of rotatable bonds is 5. The van der Waals surface area contributed by atoms with E-state index in [4.69, 9.17) is 0 Å². The Bertz CT molecular complexity index is 637. The van der Waals surface area contributed by atoms with Crippen LogP contribution in [0.2, 0.25) is 0 Å². The Morgan fingerprint density at radius 3 is 2.57 bits per heavy atom. The zero-order valence-electron chi connectivity index (χ0n) is 12.5. The number of hydrogen-bond donors (Lipinski definition) is 1. The van der Waals surface area contributed by atoms with E-state index in [1.54, 1.807) is 0 Å². The molecule has 0 spiro atoms. The number of aliphatic hydroxyl groups is 1. The molecule has 0 aliphatic carbocycles. The third-order valence-corrected chi connectivity index (χ3v) is 5.66. The third kappa shape index (κ3) is 3.41. The van der Waals surface area contributed by atoms with Gasteiger partial charge in [0.25, 0.3) is 0 Å². The van der Waals surface area contributed by atoms with E-state index in [1.165, 1.54) is 0 Å². The fraction of sp³-hybridized carbons (Fsp3) is 0.438. The molecule has 5 heteroatoms. The van der Waals surface area contributed by atoms with E-state index in [2.05, 4.69) is 50.8 Å². The smallest absolute Gasteiger partial charge is 0.0856 e. The lowest BCUT2D eigenvalue weighted by Gasteiger charge is -2.15. The molecule has 0 saturated carbocycles. The molecule has 0 aliphatic heterocycles. The zero-order chi connectivity index (χ0) is 15.6. The largest absolute Gasteiger partial charge is 0.388 e. The molecule has 114 valence electrons. The lowest BCUT2D eigenvalue weighted by Crippen LogP contribution is -2.09. The van der Waals surface area contributed by atoms with E-state index < -0.39 is 6.10 Å². The number of aromatic nitrogens is 2. The van der Waals surface area contributed by atoms with Gasteiger partial charge in [-0.25, -0.2) is 0 Å². The molecule has 0 aliphatic rings. The van der Waals surface area contributed by atoms with Crippen LogP contribution in [-0.4, -0.2) is 14.9 Å². The molecule has 1 N–H and O–H groups in total. The van der Waals surface area contributed by atoms with Crippen molar-refractivity contribution in [1.82, 2.24) is 9.78 Å². The van der Waals surface area contributed by atoms with E-state index >= 15 is 0 Å². The quantitative estimate of drug-likeness (QED) is 0.776. The van der Waals surface area contributed by atoms with E-state index in [0.29, 0.717) is 6.42 Å². The summed E-state index contributed by atoms with van der Waals surface area (Å²) in [5, 5.41) is 15.2. The van der Waals surface area contributed by atoms with Crippen molar-refractivity contribution >= 4 is 31.9 Å². The van der Waals surface area contributed by atoms with Crippen molar-refractivity contribution in [1.29, 1.82) is 0 Å². The highest BCUT2D eigenvalue weighted by molar-refractivity contribution is 9.10. The van der Waals surface area contributed by atoms with Crippen LogP contribution in [0.5, 0.6) is 0 Å². The van der Waals surface area contributed by atoms with Crippen molar-refractivity contribution < 1.29 is 5.11 Å². The molecule has 1 heterocycles. The maximum absolute atomic E-state index is 10.6. The van der Waals surface area contributed by atoms with Gasteiger partial charge in [0.15, 0.2) is 0 Å². The summed E-state index contributed by atoms with van der Waals surface area (Å²) in [6.45, 7) is 6.99. The van der Waals surface area contributed by atoms with Crippen molar-refractivity contribution in [2.75, 3.05) is 0 Å². The van der Waals surface area contributed by atoms with Crippen molar-refractivity contribution in [3.63, 3.8) is 0 Å². The second-order valence-corrected chi connectivity index (χ2v) is 6.66. The Labute approximate surface area is 142 Å². The summed E-state index contributed by atoms with van der Waals surface area (Å²) in [7, 11) is 0. The number of benzene rings is 1. The summed E-state index contributed by atoms with van der Waals surface area (Å²) < 4.78 is 3.97. The lowest BCUT2D eigenvalue weighted by molar-refractivity contribution is 0.174. The first-order valence-electron chi connectivity index (χ1n) is 7.16. The summed E-state index contributed by atoms with van der Waals surface area (Å²) in [6.07, 6.45) is 0.871. The predicted molar refractivity (Wildman–Crippen MR) is 92.5 cm³/mol. The minimum absolute atomic E-state index is 0.545. The van der Waals surface area contributed by atoms with Gasteiger partial charge in [-0.2, -0.15) is 5.10 Å². The van der Waals surface area contributed by atoms with Gasteiger partial charge in [0.05, 0.1) is 22.0 Å². The molecule has 1 aromatic carbocycles. The van der Waals surface area contributed by atoms with Crippen LogP contribution in [-0.2, 0) is 19.4 Å². The van der Waals surface area contributed by atoms with Gasteiger partial charge in [-0.15, -0.1) is 0 Å². The van der Waals surface area contributed by atoms with Gasteiger partial charge >= 0.3 is 0 Å². The van der Waals surface area contributed by atoms with Crippen LogP contribution in [0, 0.1) is 6.92 Å². The number of hydrogen-bond acceptors (Lipinski definition) is 2. The molecule has 21 heavy (non-hydrogen) atoms. The van der Waals surface area contributed by atoms with Gasteiger partial charge in [-0.3, -0.25) is 4.68 Å². The van der Waals surface area contributed by atoms with Crippen LogP contribution in [0.4, 0.5) is 0 Å². The van der Waals surface area contributed by atoms with Crippen LogP contribution in [0.1, 0.15) is 42.5 Å². The molecule has 2 rings (SSSR count). The Morgan fingerprint density at radius 1 is 1.24 bits per heavy atom. The molecule has 0 radical (unpaired) electrons. The molecule has 1 aromatic heterocycles. The highest BCUT2D eigenvalue weighted by Crippen LogP contribution is 2.31. The average molecular weight is 416 g/mol. The Kier molecular flexibility index (Phi) is 5.63. The van der Waals surface area contributed by atoms with Crippen LogP contribution in [0.25, 0.3) is 0 Å². The van der Waals surface area contributed by atoms with E-state index in [1.807, 2.05) is 29.8 Å². The van der Waals surface area contributed by atoms with Crippen molar-refractivity contribution in [2.24, 2.45) is 0 Å². The van der Waals surface area contributed by atoms with Gasteiger partial charge in [-0.1, -0.05) is 41.1 Å². The van der Waals surface area contributed by atoms with Gasteiger partial charge in [-0.05, 0) is 47.3 Å².